The summed E-state index contributed by atoms with van der Waals surface area (Å²) in [6, 6.07) is 14.8. The Kier molecular flexibility index (Phi) is 7.62. The number of carbonyl (C=O) groups is 2. The second-order valence-corrected chi connectivity index (χ2v) is 7.80. The molecule has 1 aliphatic heterocycles. The molecular weight excluding hydrogens is 436 g/mol. The van der Waals surface area contributed by atoms with E-state index in [0.717, 1.165) is 42.0 Å². The van der Waals surface area contributed by atoms with Gasteiger partial charge in [-0.05, 0) is 36.4 Å². The van der Waals surface area contributed by atoms with E-state index < -0.39 is 0 Å². The number of rotatable bonds is 7. The lowest BCUT2D eigenvalue weighted by Gasteiger charge is -2.33. The number of anilines is 2. The minimum absolute atomic E-state index is 0.0310. The predicted molar refractivity (Wildman–Crippen MR) is 117 cm³/mol. The molecule has 1 saturated heterocycles. The lowest BCUT2D eigenvalue weighted by molar-refractivity contribution is -0.120. The Balaban J connectivity index is 1.38. The van der Waals surface area contributed by atoms with Crippen LogP contribution >= 0.6 is 15.9 Å². The molecule has 0 atom stereocenters. The summed E-state index contributed by atoms with van der Waals surface area (Å²) in [6.07, 6.45) is 0. The van der Waals surface area contributed by atoms with Crippen molar-refractivity contribution in [2.75, 3.05) is 57.0 Å². The fraction of sp³-hybridized carbons (Fsp3) is 0.333. The number of amides is 2. The van der Waals surface area contributed by atoms with Crippen molar-refractivity contribution in [3.05, 3.63) is 53.0 Å². The highest BCUT2D eigenvalue weighted by Gasteiger charge is 2.20. The van der Waals surface area contributed by atoms with Crippen LogP contribution in [0.25, 0.3) is 0 Å². The second kappa shape index (κ2) is 10.4. The molecule has 2 N–H and O–H groups in total. The Morgan fingerprint density at radius 1 is 0.897 bits per heavy atom. The molecular formula is C21H25BrN4O3. The third kappa shape index (κ3) is 6.85. The van der Waals surface area contributed by atoms with Crippen LogP contribution in [-0.2, 0) is 9.59 Å². The van der Waals surface area contributed by atoms with E-state index in [1.165, 1.54) is 0 Å². The molecule has 2 aromatic rings. The van der Waals surface area contributed by atoms with E-state index in [-0.39, 0.29) is 11.8 Å². The Hall–Kier alpha value is -2.42. The highest BCUT2D eigenvalue weighted by molar-refractivity contribution is 9.10. The first-order chi connectivity index (χ1) is 14.0. The highest BCUT2D eigenvalue weighted by atomic mass is 79.9. The van der Waals surface area contributed by atoms with Crippen LogP contribution in [0, 0.1) is 0 Å². The zero-order chi connectivity index (χ0) is 20.6. The molecule has 7 nitrogen and oxygen atoms in total. The standard InChI is InChI=1S/C21H25BrN4O3/c1-29-19-4-2-3-18(13-19)24-21(28)15-26-11-9-25(10-12-26)14-20(27)23-17-7-5-16(22)6-8-17/h2-8,13H,9-12,14-15H2,1H3,(H,23,27)(H,24,28). The molecule has 0 aliphatic carbocycles. The normalized spacial score (nSPS) is 15.0. The molecule has 0 radical (unpaired) electrons. The number of halogens is 1. The average molecular weight is 461 g/mol. The van der Waals surface area contributed by atoms with Crippen molar-refractivity contribution in [2.45, 2.75) is 0 Å². The van der Waals surface area contributed by atoms with Crippen molar-refractivity contribution < 1.29 is 14.3 Å². The van der Waals surface area contributed by atoms with Gasteiger partial charge in [-0.25, -0.2) is 0 Å². The molecule has 2 amide bonds. The monoisotopic (exact) mass is 460 g/mol. The first-order valence-corrected chi connectivity index (χ1v) is 10.2. The van der Waals surface area contributed by atoms with Gasteiger partial charge in [-0.15, -0.1) is 0 Å². The molecule has 1 aliphatic rings. The van der Waals surface area contributed by atoms with Crippen LogP contribution in [-0.4, -0.2) is 68.0 Å². The fourth-order valence-electron chi connectivity index (χ4n) is 3.15. The van der Waals surface area contributed by atoms with Crippen LogP contribution in [0.15, 0.2) is 53.0 Å². The minimum atomic E-state index is -0.0558. The molecule has 0 spiro atoms. The quantitative estimate of drug-likeness (QED) is 0.664. The van der Waals surface area contributed by atoms with Gasteiger partial charge in [0, 0.05) is 48.1 Å². The summed E-state index contributed by atoms with van der Waals surface area (Å²) in [6.45, 7) is 3.67. The molecule has 154 valence electrons. The molecule has 1 fully saturated rings. The first kappa shape index (κ1) is 21.3. The van der Waals surface area contributed by atoms with Crippen molar-refractivity contribution in [3.63, 3.8) is 0 Å². The van der Waals surface area contributed by atoms with Crippen molar-refractivity contribution in [1.29, 1.82) is 0 Å². The molecule has 29 heavy (non-hydrogen) atoms. The molecule has 0 saturated carbocycles. The van der Waals surface area contributed by atoms with E-state index in [9.17, 15) is 9.59 Å². The van der Waals surface area contributed by atoms with Gasteiger partial charge >= 0.3 is 0 Å². The Morgan fingerprint density at radius 2 is 1.45 bits per heavy atom. The van der Waals surface area contributed by atoms with Crippen molar-refractivity contribution >= 4 is 39.1 Å². The average Bonchev–Trinajstić information content (AvgIpc) is 2.71. The fourth-order valence-corrected chi connectivity index (χ4v) is 3.41. The third-order valence-electron chi connectivity index (χ3n) is 4.68. The largest absolute Gasteiger partial charge is 0.497 e. The number of nitrogens with one attached hydrogen (secondary N) is 2. The highest BCUT2D eigenvalue weighted by Crippen LogP contribution is 2.17. The van der Waals surface area contributed by atoms with Gasteiger partial charge in [0.2, 0.25) is 11.8 Å². The predicted octanol–water partition coefficient (Wildman–Crippen LogP) is 2.65. The lowest BCUT2D eigenvalue weighted by Crippen LogP contribution is -2.50. The maximum atomic E-state index is 12.3. The summed E-state index contributed by atoms with van der Waals surface area (Å²) >= 11 is 3.38. The van der Waals surface area contributed by atoms with Crippen molar-refractivity contribution in [1.82, 2.24) is 9.80 Å². The Morgan fingerprint density at radius 3 is 2.00 bits per heavy atom. The number of hydrogen-bond acceptors (Lipinski definition) is 5. The van der Waals surface area contributed by atoms with Gasteiger partial charge in [-0.3, -0.25) is 19.4 Å². The summed E-state index contributed by atoms with van der Waals surface area (Å²) < 4.78 is 6.14. The van der Waals surface area contributed by atoms with Crippen LogP contribution in [0.2, 0.25) is 0 Å². The van der Waals surface area contributed by atoms with Gasteiger partial charge in [-0.2, -0.15) is 0 Å². The Labute approximate surface area is 179 Å². The van der Waals surface area contributed by atoms with Crippen molar-refractivity contribution in [3.8, 4) is 5.75 Å². The van der Waals surface area contributed by atoms with Crippen LogP contribution in [0.5, 0.6) is 5.75 Å². The second-order valence-electron chi connectivity index (χ2n) is 6.89. The molecule has 8 heteroatoms. The lowest BCUT2D eigenvalue weighted by atomic mass is 10.2. The van der Waals surface area contributed by atoms with Crippen LogP contribution in [0.1, 0.15) is 0 Å². The maximum Gasteiger partial charge on any atom is 0.238 e. The van der Waals surface area contributed by atoms with Gasteiger partial charge in [0.25, 0.3) is 0 Å². The van der Waals surface area contributed by atoms with E-state index in [1.54, 1.807) is 13.2 Å². The summed E-state index contributed by atoms with van der Waals surface area (Å²) in [7, 11) is 1.60. The summed E-state index contributed by atoms with van der Waals surface area (Å²) in [5.74, 6) is 0.619. The number of methoxy groups -OCH3 is 1. The number of nitrogens with zero attached hydrogens (tertiary/aromatic N) is 2. The van der Waals surface area contributed by atoms with Gasteiger partial charge in [0.1, 0.15) is 5.75 Å². The third-order valence-corrected chi connectivity index (χ3v) is 5.21. The molecule has 3 rings (SSSR count). The SMILES string of the molecule is COc1cccc(NC(=O)CN2CCN(CC(=O)Nc3ccc(Br)cc3)CC2)c1. The summed E-state index contributed by atoms with van der Waals surface area (Å²) in [5, 5.41) is 5.80. The van der Waals surface area contributed by atoms with Crippen molar-refractivity contribution in [2.24, 2.45) is 0 Å². The van der Waals surface area contributed by atoms with Gasteiger partial charge in [0.05, 0.1) is 20.2 Å². The smallest absolute Gasteiger partial charge is 0.238 e. The van der Waals surface area contributed by atoms with E-state index in [4.69, 9.17) is 4.74 Å². The number of ether oxygens (including phenoxy) is 1. The number of piperazine rings is 1. The Bertz CT molecular complexity index is 836. The van der Waals surface area contributed by atoms with E-state index in [0.29, 0.717) is 18.8 Å². The van der Waals surface area contributed by atoms with Gasteiger partial charge in [-0.1, -0.05) is 22.0 Å². The van der Waals surface area contributed by atoms with Gasteiger partial charge in [0.15, 0.2) is 0 Å². The molecule has 1 heterocycles. The minimum Gasteiger partial charge on any atom is -0.497 e. The molecule has 2 aromatic carbocycles. The molecule has 0 unspecified atom stereocenters. The van der Waals surface area contributed by atoms with E-state index in [2.05, 4.69) is 36.4 Å². The number of benzene rings is 2. The van der Waals surface area contributed by atoms with Gasteiger partial charge < -0.3 is 15.4 Å². The molecule has 0 aromatic heterocycles. The van der Waals surface area contributed by atoms with Crippen LogP contribution in [0.4, 0.5) is 11.4 Å². The van der Waals surface area contributed by atoms with Crippen LogP contribution < -0.4 is 15.4 Å². The van der Waals surface area contributed by atoms with E-state index >= 15 is 0 Å². The van der Waals surface area contributed by atoms with E-state index in [1.807, 2.05) is 42.5 Å². The maximum absolute atomic E-state index is 12.3. The zero-order valence-electron chi connectivity index (χ0n) is 16.4. The topological polar surface area (TPSA) is 73.9 Å². The number of carbonyl (C=O) groups excluding carboxylic acids is 2. The number of hydrogen-bond donors (Lipinski definition) is 2. The summed E-state index contributed by atoms with van der Waals surface area (Å²) in [4.78, 5) is 28.7. The molecule has 0 bridgehead atoms. The summed E-state index contributed by atoms with van der Waals surface area (Å²) in [5.41, 5.74) is 1.50. The first-order valence-electron chi connectivity index (χ1n) is 9.46. The van der Waals surface area contributed by atoms with Crippen LogP contribution in [0.3, 0.4) is 0 Å². The zero-order valence-corrected chi connectivity index (χ0v) is 17.9.